The van der Waals surface area contributed by atoms with Gasteiger partial charge >= 0.3 is 0 Å². The Morgan fingerprint density at radius 2 is 2.00 bits per heavy atom. The van der Waals surface area contributed by atoms with E-state index < -0.39 is 0 Å². The summed E-state index contributed by atoms with van der Waals surface area (Å²) < 4.78 is 5.52. The van der Waals surface area contributed by atoms with Gasteiger partial charge in [0.1, 0.15) is 5.75 Å². The van der Waals surface area contributed by atoms with E-state index in [2.05, 4.69) is 18.2 Å². The molecule has 0 bridgehead atoms. The first-order valence-corrected chi connectivity index (χ1v) is 6.93. The van der Waals surface area contributed by atoms with Gasteiger partial charge in [0, 0.05) is 12.5 Å². The smallest absolute Gasteiger partial charge is 0.122 e. The maximum absolute atomic E-state index is 9.55. The number of hydrogen-bond acceptors (Lipinski definition) is 3. The van der Waals surface area contributed by atoms with Crippen LogP contribution >= 0.6 is 0 Å². The van der Waals surface area contributed by atoms with E-state index in [1.807, 2.05) is 0 Å². The Kier molecular flexibility index (Phi) is 3.27. The summed E-state index contributed by atoms with van der Waals surface area (Å²) in [7, 11) is 0. The summed E-state index contributed by atoms with van der Waals surface area (Å²) in [5.41, 5.74) is 8.90. The van der Waals surface area contributed by atoms with E-state index >= 15 is 0 Å². The van der Waals surface area contributed by atoms with Crippen LogP contribution in [0.5, 0.6) is 5.75 Å². The fraction of sp³-hybridized carbons (Fsp3) is 0.600. The lowest BCUT2D eigenvalue weighted by Crippen LogP contribution is -2.27. The van der Waals surface area contributed by atoms with Crippen LogP contribution in [0.3, 0.4) is 0 Å². The highest BCUT2D eigenvalue weighted by Gasteiger charge is 2.26. The molecule has 0 saturated heterocycles. The van der Waals surface area contributed by atoms with Gasteiger partial charge < -0.3 is 15.6 Å². The molecule has 2 aliphatic rings. The summed E-state index contributed by atoms with van der Waals surface area (Å²) in [6.07, 6.45) is 4.76. The van der Waals surface area contributed by atoms with Crippen molar-refractivity contribution in [2.24, 2.45) is 11.7 Å². The molecule has 1 heterocycles. The second-order valence-corrected chi connectivity index (χ2v) is 5.56. The van der Waals surface area contributed by atoms with Gasteiger partial charge in [-0.05, 0) is 48.8 Å². The molecule has 1 unspecified atom stereocenters. The second kappa shape index (κ2) is 4.90. The van der Waals surface area contributed by atoms with Crippen LogP contribution in [0.1, 0.15) is 42.9 Å². The highest BCUT2D eigenvalue weighted by atomic mass is 16.5. The summed E-state index contributed by atoms with van der Waals surface area (Å²) in [6.45, 7) is 0.795. The summed E-state index contributed by atoms with van der Waals surface area (Å²) in [4.78, 5) is 0. The van der Waals surface area contributed by atoms with E-state index in [0.717, 1.165) is 44.5 Å². The van der Waals surface area contributed by atoms with E-state index in [1.54, 1.807) is 0 Å². The zero-order chi connectivity index (χ0) is 12.5. The molecule has 1 aromatic carbocycles. The number of fused-ring (bicyclic) bond motifs is 1. The molecule has 0 radical (unpaired) electrons. The van der Waals surface area contributed by atoms with Crippen molar-refractivity contribution < 1.29 is 9.84 Å². The van der Waals surface area contributed by atoms with Gasteiger partial charge in [-0.3, -0.25) is 0 Å². The van der Waals surface area contributed by atoms with Gasteiger partial charge in [0.15, 0.2) is 0 Å². The van der Waals surface area contributed by atoms with E-state index in [4.69, 9.17) is 10.5 Å². The van der Waals surface area contributed by atoms with Gasteiger partial charge in [-0.1, -0.05) is 12.1 Å². The van der Waals surface area contributed by atoms with Crippen molar-refractivity contribution in [3.8, 4) is 5.75 Å². The van der Waals surface area contributed by atoms with Gasteiger partial charge in [0.05, 0.1) is 12.7 Å². The Hall–Kier alpha value is -1.06. The lowest BCUT2D eigenvalue weighted by Gasteiger charge is -2.30. The number of benzene rings is 1. The monoisotopic (exact) mass is 247 g/mol. The molecule has 1 atom stereocenters. The third-order valence-corrected chi connectivity index (χ3v) is 4.35. The Bertz CT molecular complexity index is 425. The van der Waals surface area contributed by atoms with Gasteiger partial charge in [0.25, 0.3) is 0 Å². The van der Waals surface area contributed by atoms with Crippen LogP contribution in [0, 0.1) is 5.92 Å². The predicted molar refractivity (Wildman–Crippen MR) is 70.5 cm³/mol. The van der Waals surface area contributed by atoms with Crippen LogP contribution in [0.4, 0.5) is 0 Å². The number of aliphatic hydroxyl groups excluding tert-OH is 1. The molecule has 1 saturated carbocycles. The maximum atomic E-state index is 9.55. The molecular formula is C15H21NO2. The molecule has 98 valence electrons. The van der Waals surface area contributed by atoms with Crippen LogP contribution in [0.25, 0.3) is 0 Å². The molecule has 3 nitrogen and oxygen atoms in total. The molecule has 3 rings (SSSR count). The molecule has 3 heteroatoms. The Morgan fingerprint density at radius 1 is 1.22 bits per heavy atom. The van der Waals surface area contributed by atoms with Crippen molar-refractivity contribution in [2.45, 2.75) is 44.2 Å². The highest BCUT2D eigenvalue weighted by Crippen LogP contribution is 2.35. The van der Waals surface area contributed by atoms with Gasteiger partial charge in [-0.2, -0.15) is 0 Å². The highest BCUT2D eigenvalue weighted by molar-refractivity contribution is 5.40. The number of rotatable bonds is 2. The molecular weight excluding hydrogens is 226 g/mol. The van der Waals surface area contributed by atoms with Gasteiger partial charge in [0.2, 0.25) is 0 Å². The van der Waals surface area contributed by atoms with Crippen molar-refractivity contribution >= 4 is 0 Å². The number of ether oxygens (including phenoxy) is 1. The Labute approximate surface area is 108 Å². The molecule has 1 aliphatic carbocycles. The zero-order valence-corrected chi connectivity index (χ0v) is 10.6. The Balaban J connectivity index is 1.74. The zero-order valence-electron chi connectivity index (χ0n) is 10.6. The molecule has 1 aromatic rings. The number of hydrogen-bond donors (Lipinski definition) is 2. The van der Waals surface area contributed by atoms with Gasteiger partial charge in [-0.25, -0.2) is 0 Å². The van der Waals surface area contributed by atoms with Crippen LogP contribution in [-0.2, 0) is 6.42 Å². The minimum Gasteiger partial charge on any atom is -0.493 e. The second-order valence-electron chi connectivity index (χ2n) is 5.56. The summed E-state index contributed by atoms with van der Waals surface area (Å²) in [5, 5.41) is 9.55. The minimum absolute atomic E-state index is 0.100. The number of aliphatic hydroxyl groups is 1. The molecule has 1 fully saturated rings. The SMILES string of the molecule is NC(c1ccc2c(c1)CCO2)C1CCC(O)CC1. The fourth-order valence-electron chi connectivity index (χ4n) is 3.15. The lowest BCUT2D eigenvalue weighted by atomic mass is 9.80. The normalized spacial score (nSPS) is 28.6. The quantitative estimate of drug-likeness (QED) is 0.842. The molecule has 3 N–H and O–H groups in total. The van der Waals surface area contributed by atoms with Crippen molar-refractivity contribution in [3.63, 3.8) is 0 Å². The van der Waals surface area contributed by atoms with E-state index in [0.29, 0.717) is 5.92 Å². The third kappa shape index (κ3) is 2.25. The topological polar surface area (TPSA) is 55.5 Å². The van der Waals surface area contributed by atoms with E-state index in [-0.39, 0.29) is 12.1 Å². The molecule has 0 spiro atoms. The predicted octanol–water partition coefficient (Wildman–Crippen LogP) is 2.17. The third-order valence-electron chi connectivity index (χ3n) is 4.35. The molecule has 1 aliphatic heterocycles. The van der Waals surface area contributed by atoms with Crippen LogP contribution < -0.4 is 10.5 Å². The fourth-order valence-corrected chi connectivity index (χ4v) is 3.15. The standard InChI is InChI=1S/C15H21NO2/c16-15(10-1-4-13(17)5-2-10)12-3-6-14-11(9-12)7-8-18-14/h3,6,9-10,13,15,17H,1-2,4-5,7-8,16H2. The summed E-state index contributed by atoms with van der Waals surface area (Å²) in [5.74, 6) is 1.53. The van der Waals surface area contributed by atoms with Crippen molar-refractivity contribution in [3.05, 3.63) is 29.3 Å². The maximum Gasteiger partial charge on any atom is 0.122 e. The largest absolute Gasteiger partial charge is 0.493 e. The lowest BCUT2D eigenvalue weighted by molar-refractivity contribution is 0.102. The van der Waals surface area contributed by atoms with Crippen LogP contribution in [0.15, 0.2) is 18.2 Å². The average Bonchev–Trinajstić information content (AvgIpc) is 2.86. The molecule has 0 amide bonds. The molecule has 0 aromatic heterocycles. The van der Waals surface area contributed by atoms with Crippen molar-refractivity contribution in [1.82, 2.24) is 0 Å². The minimum atomic E-state index is -0.109. The molecule has 18 heavy (non-hydrogen) atoms. The summed E-state index contributed by atoms with van der Waals surface area (Å²) >= 11 is 0. The first kappa shape index (κ1) is 12.0. The van der Waals surface area contributed by atoms with Crippen molar-refractivity contribution in [2.75, 3.05) is 6.61 Å². The Morgan fingerprint density at radius 3 is 2.78 bits per heavy atom. The van der Waals surface area contributed by atoms with Crippen molar-refractivity contribution in [1.29, 1.82) is 0 Å². The number of nitrogens with two attached hydrogens (primary N) is 1. The van der Waals surface area contributed by atoms with Crippen LogP contribution in [-0.4, -0.2) is 17.8 Å². The average molecular weight is 247 g/mol. The first-order chi connectivity index (χ1) is 8.74. The first-order valence-electron chi connectivity index (χ1n) is 6.93. The van der Waals surface area contributed by atoms with E-state index in [9.17, 15) is 5.11 Å². The summed E-state index contributed by atoms with van der Waals surface area (Å²) in [6, 6.07) is 6.45. The van der Waals surface area contributed by atoms with Crippen LogP contribution in [0.2, 0.25) is 0 Å². The van der Waals surface area contributed by atoms with E-state index in [1.165, 1.54) is 11.1 Å². The van der Waals surface area contributed by atoms with Gasteiger partial charge in [-0.15, -0.1) is 0 Å².